The van der Waals surface area contributed by atoms with Gasteiger partial charge in [-0.3, -0.25) is 0 Å². The SMILES string of the molecule is COC(=O)c1cc(Br)c(C2(c3ccc(-c4cnc(N)nc4)cc3)CCC2)n1C. The molecule has 0 radical (unpaired) electrons. The number of nitrogen functional groups attached to an aromatic ring is 1. The van der Waals surface area contributed by atoms with E-state index in [-0.39, 0.29) is 17.3 Å². The van der Waals surface area contributed by atoms with Crippen LogP contribution in [-0.2, 0) is 17.2 Å². The van der Waals surface area contributed by atoms with Crippen molar-refractivity contribution in [1.29, 1.82) is 0 Å². The van der Waals surface area contributed by atoms with Gasteiger partial charge in [0.2, 0.25) is 5.95 Å². The number of hydrogen-bond donors (Lipinski definition) is 1. The molecule has 1 aromatic carbocycles. The standard InChI is InChI=1S/C21H21BrN4O2/c1-26-17(19(27)28-2)10-16(22)18(26)21(8-3-9-21)15-6-4-13(5-7-15)14-11-24-20(23)25-12-14/h4-7,10-12H,3,8-9H2,1-2H3,(H2,23,24,25). The van der Waals surface area contributed by atoms with Crippen LogP contribution in [0.15, 0.2) is 47.2 Å². The van der Waals surface area contributed by atoms with Crippen molar-refractivity contribution in [3.63, 3.8) is 0 Å². The van der Waals surface area contributed by atoms with Crippen LogP contribution in [-0.4, -0.2) is 27.6 Å². The van der Waals surface area contributed by atoms with Gasteiger partial charge >= 0.3 is 5.97 Å². The maximum atomic E-state index is 12.1. The molecule has 1 aliphatic carbocycles. The van der Waals surface area contributed by atoms with E-state index in [9.17, 15) is 4.79 Å². The van der Waals surface area contributed by atoms with E-state index in [1.54, 1.807) is 12.4 Å². The Hall–Kier alpha value is -2.67. The molecule has 2 N–H and O–H groups in total. The molecule has 1 aliphatic rings. The third-order valence-corrected chi connectivity index (χ3v) is 6.29. The molecule has 0 unspecified atom stereocenters. The number of benzene rings is 1. The third kappa shape index (κ3) is 2.90. The Morgan fingerprint density at radius 2 is 1.82 bits per heavy atom. The summed E-state index contributed by atoms with van der Waals surface area (Å²) in [6.45, 7) is 0. The lowest BCUT2D eigenvalue weighted by Crippen LogP contribution is -2.38. The second-order valence-electron chi connectivity index (χ2n) is 7.12. The Bertz CT molecular complexity index is 1020. The summed E-state index contributed by atoms with van der Waals surface area (Å²) in [6, 6.07) is 10.3. The maximum Gasteiger partial charge on any atom is 0.354 e. The molecule has 2 aromatic heterocycles. The molecule has 0 bridgehead atoms. The summed E-state index contributed by atoms with van der Waals surface area (Å²) >= 11 is 3.67. The van der Waals surface area contributed by atoms with E-state index < -0.39 is 0 Å². The topological polar surface area (TPSA) is 83.0 Å². The van der Waals surface area contributed by atoms with Crippen LogP contribution in [0.5, 0.6) is 0 Å². The average molecular weight is 441 g/mol. The summed E-state index contributed by atoms with van der Waals surface area (Å²) in [5.41, 5.74) is 10.3. The van der Waals surface area contributed by atoms with Crippen LogP contribution in [0.25, 0.3) is 11.1 Å². The van der Waals surface area contributed by atoms with Gasteiger partial charge in [0.15, 0.2) is 0 Å². The Morgan fingerprint density at radius 3 is 2.36 bits per heavy atom. The Morgan fingerprint density at radius 1 is 1.18 bits per heavy atom. The van der Waals surface area contributed by atoms with Gasteiger partial charge in [-0.25, -0.2) is 14.8 Å². The third-order valence-electron chi connectivity index (χ3n) is 5.68. The number of carbonyl (C=O) groups is 1. The average Bonchev–Trinajstić information content (AvgIpc) is 2.97. The molecule has 4 rings (SSSR count). The zero-order valence-electron chi connectivity index (χ0n) is 15.8. The minimum atomic E-state index is -0.331. The number of anilines is 1. The molecule has 144 valence electrons. The number of hydrogen-bond acceptors (Lipinski definition) is 5. The second kappa shape index (κ2) is 7.05. The van der Waals surface area contributed by atoms with Crippen molar-refractivity contribution in [2.75, 3.05) is 12.8 Å². The molecule has 0 amide bonds. The first kappa shape index (κ1) is 18.7. The molecule has 0 spiro atoms. The smallest absolute Gasteiger partial charge is 0.354 e. The highest BCUT2D eigenvalue weighted by molar-refractivity contribution is 9.10. The van der Waals surface area contributed by atoms with E-state index in [4.69, 9.17) is 10.5 Å². The largest absolute Gasteiger partial charge is 0.464 e. The molecule has 28 heavy (non-hydrogen) atoms. The number of halogens is 1. The van der Waals surface area contributed by atoms with Gasteiger partial charge in [-0.1, -0.05) is 30.7 Å². The van der Waals surface area contributed by atoms with Gasteiger partial charge in [0.05, 0.1) is 7.11 Å². The highest BCUT2D eigenvalue weighted by atomic mass is 79.9. The summed E-state index contributed by atoms with van der Waals surface area (Å²) in [7, 11) is 3.33. The zero-order chi connectivity index (χ0) is 19.9. The summed E-state index contributed by atoms with van der Waals surface area (Å²) in [5, 5.41) is 0. The van der Waals surface area contributed by atoms with Crippen LogP contribution in [0.4, 0.5) is 5.95 Å². The fourth-order valence-corrected chi connectivity index (χ4v) is 4.94. The lowest BCUT2D eigenvalue weighted by molar-refractivity contribution is 0.0589. The van der Waals surface area contributed by atoms with Gasteiger partial charge < -0.3 is 15.0 Å². The van der Waals surface area contributed by atoms with Crippen LogP contribution in [0.1, 0.15) is 41.0 Å². The molecule has 1 saturated carbocycles. The van der Waals surface area contributed by atoms with Gasteiger partial charge in [-0.15, -0.1) is 0 Å². The first-order chi connectivity index (χ1) is 13.5. The van der Waals surface area contributed by atoms with Crippen molar-refractivity contribution in [3.05, 3.63) is 64.1 Å². The molecule has 6 nitrogen and oxygen atoms in total. The van der Waals surface area contributed by atoms with Crippen LogP contribution >= 0.6 is 15.9 Å². The molecule has 7 heteroatoms. The maximum absolute atomic E-state index is 12.1. The van der Waals surface area contributed by atoms with E-state index in [0.717, 1.165) is 40.6 Å². The number of nitrogens with zero attached hydrogens (tertiary/aromatic N) is 3. The number of ether oxygens (including phenoxy) is 1. The Kier molecular flexibility index (Phi) is 4.71. The van der Waals surface area contributed by atoms with Crippen molar-refractivity contribution >= 4 is 27.8 Å². The predicted octanol–water partition coefficient (Wildman–Crippen LogP) is 4.08. The van der Waals surface area contributed by atoms with Crippen molar-refractivity contribution in [2.45, 2.75) is 24.7 Å². The van der Waals surface area contributed by atoms with Crippen molar-refractivity contribution < 1.29 is 9.53 Å². The predicted molar refractivity (Wildman–Crippen MR) is 111 cm³/mol. The van der Waals surface area contributed by atoms with E-state index in [1.807, 2.05) is 17.7 Å². The number of methoxy groups -OCH3 is 1. The molecule has 3 aromatic rings. The number of nitrogens with two attached hydrogens (primary N) is 1. The van der Waals surface area contributed by atoms with Crippen LogP contribution in [0.3, 0.4) is 0 Å². The second-order valence-corrected chi connectivity index (χ2v) is 7.97. The van der Waals surface area contributed by atoms with Gasteiger partial charge in [0, 0.05) is 40.6 Å². The highest BCUT2D eigenvalue weighted by Crippen LogP contribution is 2.51. The van der Waals surface area contributed by atoms with Gasteiger partial charge in [0.25, 0.3) is 0 Å². The lowest BCUT2D eigenvalue weighted by atomic mass is 9.62. The van der Waals surface area contributed by atoms with E-state index in [2.05, 4.69) is 50.2 Å². The van der Waals surface area contributed by atoms with E-state index in [0.29, 0.717) is 5.69 Å². The summed E-state index contributed by atoms with van der Waals surface area (Å²) in [5.74, 6) is -0.0635. The number of rotatable bonds is 4. The summed E-state index contributed by atoms with van der Waals surface area (Å²) in [4.78, 5) is 20.2. The molecule has 0 aliphatic heterocycles. The Balaban J connectivity index is 1.74. The first-order valence-corrected chi connectivity index (χ1v) is 9.88. The van der Waals surface area contributed by atoms with Crippen molar-refractivity contribution in [1.82, 2.24) is 14.5 Å². The number of aromatic nitrogens is 3. The van der Waals surface area contributed by atoms with E-state index in [1.165, 1.54) is 12.7 Å². The molecular weight excluding hydrogens is 420 g/mol. The minimum Gasteiger partial charge on any atom is -0.464 e. The highest BCUT2D eigenvalue weighted by Gasteiger charge is 2.44. The van der Waals surface area contributed by atoms with Crippen molar-refractivity contribution in [3.8, 4) is 11.1 Å². The molecular formula is C21H21BrN4O2. The Labute approximate surface area is 171 Å². The molecule has 0 atom stereocenters. The fraction of sp³-hybridized carbons (Fsp3) is 0.286. The quantitative estimate of drug-likeness (QED) is 0.617. The molecule has 0 saturated heterocycles. The molecule has 1 fully saturated rings. The van der Waals surface area contributed by atoms with Crippen LogP contribution in [0.2, 0.25) is 0 Å². The van der Waals surface area contributed by atoms with Gasteiger partial charge in [0.1, 0.15) is 5.69 Å². The lowest BCUT2D eigenvalue weighted by Gasteiger charge is -2.43. The van der Waals surface area contributed by atoms with Gasteiger partial charge in [-0.05, 0) is 46.0 Å². The van der Waals surface area contributed by atoms with E-state index >= 15 is 0 Å². The number of carbonyl (C=O) groups excluding carboxylic acids is 1. The van der Waals surface area contributed by atoms with Crippen LogP contribution < -0.4 is 5.73 Å². The molecule has 2 heterocycles. The van der Waals surface area contributed by atoms with Crippen LogP contribution in [0, 0.1) is 0 Å². The van der Waals surface area contributed by atoms with Crippen molar-refractivity contribution in [2.24, 2.45) is 7.05 Å². The summed E-state index contributed by atoms with van der Waals surface area (Å²) < 4.78 is 7.82. The monoisotopic (exact) mass is 440 g/mol. The first-order valence-electron chi connectivity index (χ1n) is 9.09. The normalized spacial score (nSPS) is 15.1. The fourth-order valence-electron chi connectivity index (χ4n) is 4.08. The number of esters is 1. The minimum absolute atomic E-state index is 0.115. The zero-order valence-corrected chi connectivity index (χ0v) is 17.4. The summed E-state index contributed by atoms with van der Waals surface area (Å²) in [6.07, 6.45) is 6.68. The van der Waals surface area contributed by atoms with Gasteiger partial charge in [-0.2, -0.15) is 0 Å².